The first-order chi connectivity index (χ1) is 9.21. The second-order valence-corrected chi connectivity index (χ2v) is 3.59. The van der Waals surface area contributed by atoms with Crippen molar-refractivity contribution >= 4 is 12.0 Å². The molecule has 19 heavy (non-hydrogen) atoms. The maximum absolute atomic E-state index is 11.3. The third-order valence-corrected chi connectivity index (χ3v) is 2.26. The first-order valence-corrected chi connectivity index (χ1v) is 5.97. The van der Waals surface area contributed by atoms with Crippen LogP contribution >= 0.6 is 0 Å². The predicted molar refractivity (Wildman–Crippen MR) is 74.4 cm³/mol. The molecule has 0 spiro atoms. The fraction of sp³-hybridized carbons (Fsp3) is 0.267. The second kappa shape index (κ2) is 7.97. The van der Waals surface area contributed by atoms with E-state index in [1.807, 2.05) is 6.07 Å². The van der Waals surface area contributed by atoms with E-state index in [1.54, 1.807) is 38.3 Å². The van der Waals surface area contributed by atoms with Crippen molar-refractivity contribution in [3.8, 4) is 11.5 Å². The van der Waals surface area contributed by atoms with Gasteiger partial charge in [-0.2, -0.15) is 0 Å². The number of methoxy groups -OCH3 is 1. The van der Waals surface area contributed by atoms with Crippen molar-refractivity contribution in [2.75, 3.05) is 20.3 Å². The van der Waals surface area contributed by atoms with Crippen LogP contribution in [0, 0.1) is 0 Å². The summed E-state index contributed by atoms with van der Waals surface area (Å²) in [5.74, 6) is 0.931. The molecule has 0 bridgehead atoms. The molecule has 0 aliphatic rings. The van der Waals surface area contributed by atoms with Gasteiger partial charge in [0.05, 0.1) is 13.7 Å². The van der Waals surface area contributed by atoms with Crippen LogP contribution in [0.3, 0.4) is 0 Å². The van der Waals surface area contributed by atoms with Crippen LogP contribution in [0.2, 0.25) is 0 Å². The number of benzene rings is 1. The average Bonchev–Trinajstić information content (AvgIpc) is 2.43. The molecule has 1 aromatic rings. The molecule has 0 aliphatic carbocycles. The zero-order chi connectivity index (χ0) is 14.1. The van der Waals surface area contributed by atoms with Gasteiger partial charge in [-0.3, -0.25) is 0 Å². The molecular weight excluding hydrogens is 244 g/mol. The lowest BCUT2D eigenvalue weighted by molar-refractivity contribution is -0.137. The van der Waals surface area contributed by atoms with Crippen LogP contribution < -0.4 is 9.47 Å². The molecule has 0 unspecified atom stereocenters. The maximum Gasteiger partial charge on any atom is 0.330 e. The van der Waals surface area contributed by atoms with Crippen LogP contribution in [0.1, 0.15) is 12.5 Å². The highest BCUT2D eigenvalue weighted by Gasteiger charge is 2.04. The van der Waals surface area contributed by atoms with E-state index in [-0.39, 0.29) is 5.97 Å². The van der Waals surface area contributed by atoms with Gasteiger partial charge in [-0.15, -0.1) is 0 Å². The Balaban J connectivity index is 2.91. The second-order valence-electron chi connectivity index (χ2n) is 3.59. The van der Waals surface area contributed by atoms with Gasteiger partial charge in [-0.25, -0.2) is 4.79 Å². The highest BCUT2D eigenvalue weighted by atomic mass is 16.5. The largest absolute Gasteiger partial charge is 0.497 e. The molecule has 0 saturated carbocycles. The van der Waals surface area contributed by atoms with Gasteiger partial charge in [0.2, 0.25) is 0 Å². The molecule has 0 heterocycles. The van der Waals surface area contributed by atoms with E-state index in [2.05, 4.69) is 6.58 Å². The van der Waals surface area contributed by atoms with E-state index >= 15 is 0 Å². The minimum Gasteiger partial charge on any atom is -0.497 e. The van der Waals surface area contributed by atoms with Crippen LogP contribution in [0.4, 0.5) is 0 Å². The van der Waals surface area contributed by atoms with Crippen LogP contribution in [-0.2, 0) is 9.53 Å². The lowest BCUT2D eigenvalue weighted by atomic mass is 10.1. The summed E-state index contributed by atoms with van der Waals surface area (Å²) >= 11 is 0. The number of ether oxygens (including phenoxy) is 3. The number of carbonyl (C=O) groups excluding carboxylic acids is 1. The number of carbonyl (C=O) groups is 1. The van der Waals surface area contributed by atoms with Gasteiger partial charge in [-0.1, -0.05) is 12.7 Å². The Hall–Kier alpha value is -2.23. The number of rotatable bonds is 7. The Labute approximate surface area is 113 Å². The molecule has 0 aromatic heterocycles. The Bertz CT molecular complexity index is 463. The summed E-state index contributed by atoms with van der Waals surface area (Å²) in [5.41, 5.74) is 0.774. The highest BCUT2D eigenvalue weighted by Crippen LogP contribution is 2.26. The lowest BCUT2D eigenvalue weighted by Crippen LogP contribution is -1.99. The zero-order valence-electron chi connectivity index (χ0n) is 11.2. The molecule has 1 rings (SSSR count). The summed E-state index contributed by atoms with van der Waals surface area (Å²) in [6.07, 6.45) is 4.67. The molecule has 0 fully saturated rings. The molecule has 1 aromatic carbocycles. The molecule has 0 atom stereocenters. The standard InChI is InChI=1S/C15H18O4/c1-4-10-19-14-11-13(17-3)8-6-12(14)7-9-15(16)18-5-2/h4,6-9,11H,1,5,10H2,2-3H3/b9-7+. The van der Waals surface area contributed by atoms with E-state index in [0.29, 0.717) is 24.7 Å². The predicted octanol–water partition coefficient (Wildman–Crippen LogP) is 2.84. The van der Waals surface area contributed by atoms with Crippen molar-refractivity contribution in [3.05, 3.63) is 42.5 Å². The Kier molecular flexibility index (Phi) is 6.22. The van der Waals surface area contributed by atoms with Gasteiger partial charge in [-0.05, 0) is 25.1 Å². The molecule has 0 amide bonds. The topological polar surface area (TPSA) is 44.8 Å². The van der Waals surface area contributed by atoms with Gasteiger partial charge in [0.1, 0.15) is 18.1 Å². The van der Waals surface area contributed by atoms with Crippen molar-refractivity contribution in [2.24, 2.45) is 0 Å². The van der Waals surface area contributed by atoms with Crippen LogP contribution in [0.5, 0.6) is 11.5 Å². The fourth-order valence-electron chi connectivity index (χ4n) is 1.40. The third-order valence-electron chi connectivity index (χ3n) is 2.26. The minimum atomic E-state index is -0.381. The fourth-order valence-corrected chi connectivity index (χ4v) is 1.40. The zero-order valence-corrected chi connectivity index (χ0v) is 11.2. The molecule has 0 radical (unpaired) electrons. The smallest absolute Gasteiger partial charge is 0.330 e. The minimum absolute atomic E-state index is 0.353. The SMILES string of the molecule is C=CCOc1cc(OC)ccc1/C=C/C(=O)OCC. The van der Waals surface area contributed by atoms with Crippen molar-refractivity contribution < 1.29 is 19.0 Å². The lowest BCUT2D eigenvalue weighted by Gasteiger charge is -2.09. The van der Waals surface area contributed by atoms with Crippen LogP contribution in [-0.4, -0.2) is 26.3 Å². The van der Waals surface area contributed by atoms with Crippen molar-refractivity contribution in [1.82, 2.24) is 0 Å². The summed E-state index contributed by atoms with van der Waals surface area (Å²) in [7, 11) is 1.58. The molecule has 102 valence electrons. The molecule has 0 aliphatic heterocycles. The van der Waals surface area contributed by atoms with Gasteiger partial charge in [0.15, 0.2) is 0 Å². The summed E-state index contributed by atoms with van der Waals surface area (Å²) in [5, 5.41) is 0. The Morgan fingerprint density at radius 2 is 2.21 bits per heavy atom. The van der Waals surface area contributed by atoms with Gasteiger partial charge in [0, 0.05) is 17.7 Å². The third kappa shape index (κ3) is 4.87. The summed E-state index contributed by atoms with van der Waals surface area (Å²) in [4.78, 5) is 11.3. The normalized spacial score (nSPS) is 10.2. The number of esters is 1. The molecule has 0 saturated heterocycles. The summed E-state index contributed by atoms with van der Waals surface area (Å²) in [6.45, 7) is 6.09. The Morgan fingerprint density at radius 3 is 2.84 bits per heavy atom. The first-order valence-electron chi connectivity index (χ1n) is 5.97. The molecule has 0 N–H and O–H groups in total. The van der Waals surface area contributed by atoms with Crippen molar-refractivity contribution in [2.45, 2.75) is 6.92 Å². The van der Waals surface area contributed by atoms with E-state index in [0.717, 1.165) is 5.56 Å². The molecular formula is C15H18O4. The van der Waals surface area contributed by atoms with E-state index in [9.17, 15) is 4.79 Å². The van der Waals surface area contributed by atoms with E-state index < -0.39 is 0 Å². The van der Waals surface area contributed by atoms with E-state index in [4.69, 9.17) is 14.2 Å². The Morgan fingerprint density at radius 1 is 1.42 bits per heavy atom. The average molecular weight is 262 g/mol. The van der Waals surface area contributed by atoms with Gasteiger partial charge < -0.3 is 14.2 Å². The van der Waals surface area contributed by atoms with Crippen LogP contribution in [0.25, 0.3) is 6.08 Å². The first kappa shape index (κ1) is 14.8. The summed E-state index contributed by atoms with van der Waals surface area (Å²) < 4.78 is 15.5. The number of hydrogen-bond acceptors (Lipinski definition) is 4. The maximum atomic E-state index is 11.3. The van der Waals surface area contributed by atoms with E-state index in [1.165, 1.54) is 6.08 Å². The van der Waals surface area contributed by atoms with Crippen molar-refractivity contribution in [3.63, 3.8) is 0 Å². The molecule has 4 nitrogen and oxygen atoms in total. The highest BCUT2D eigenvalue weighted by molar-refractivity contribution is 5.87. The summed E-state index contributed by atoms with van der Waals surface area (Å²) in [6, 6.07) is 5.37. The number of hydrogen-bond donors (Lipinski definition) is 0. The molecule has 4 heteroatoms. The van der Waals surface area contributed by atoms with Gasteiger partial charge in [0.25, 0.3) is 0 Å². The van der Waals surface area contributed by atoms with Crippen LogP contribution in [0.15, 0.2) is 36.9 Å². The van der Waals surface area contributed by atoms with Crippen molar-refractivity contribution in [1.29, 1.82) is 0 Å². The van der Waals surface area contributed by atoms with Gasteiger partial charge >= 0.3 is 5.97 Å². The monoisotopic (exact) mass is 262 g/mol. The quantitative estimate of drug-likeness (QED) is 0.430.